The highest BCUT2D eigenvalue weighted by Crippen LogP contribution is 2.33. The third kappa shape index (κ3) is 3.27. The lowest BCUT2D eigenvalue weighted by atomic mass is 10.1. The normalized spacial score (nSPS) is 11.4. The average Bonchev–Trinajstić information content (AvgIpc) is 2.44. The van der Waals surface area contributed by atoms with Crippen LogP contribution in [0.5, 0.6) is 0 Å². The first-order chi connectivity index (χ1) is 9.52. The molecule has 0 spiro atoms. The summed E-state index contributed by atoms with van der Waals surface area (Å²) >= 11 is 0. The summed E-state index contributed by atoms with van der Waals surface area (Å²) in [4.78, 5) is 3.75. The van der Waals surface area contributed by atoms with E-state index in [4.69, 9.17) is 5.73 Å². The lowest BCUT2D eigenvalue weighted by Gasteiger charge is -2.14. The molecule has 0 saturated heterocycles. The minimum atomic E-state index is -4.43. The molecule has 0 amide bonds. The Hall–Kier alpha value is -2.08. The highest BCUT2D eigenvalue weighted by Gasteiger charge is 2.33. The van der Waals surface area contributed by atoms with Gasteiger partial charge in [0.15, 0.2) is 0 Å². The van der Waals surface area contributed by atoms with Crippen molar-refractivity contribution in [2.45, 2.75) is 19.3 Å². The summed E-state index contributed by atoms with van der Waals surface area (Å²) < 4.78 is 38.5. The Morgan fingerprint density at radius 2 is 1.75 bits per heavy atom. The molecule has 0 saturated carbocycles. The molecule has 0 radical (unpaired) electrons. The van der Waals surface area contributed by atoms with Crippen LogP contribution in [0.3, 0.4) is 0 Å². The Morgan fingerprint density at radius 1 is 1.05 bits per heavy atom. The van der Waals surface area contributed by atoms with Gasteiger partial charge < -0.3 is 11.1 Å². The lowest BCUT2D eigenvalue weighted by molar-refractivity contribution is -0.137. The Morgan fingerprint density at radius 3 is 2.40 bits per heavy atom. The topological polar surface area (TPSA) is 50.9 Å². The monoisotopic (exact) mass is 281 g/mol. The van der Waals surface area contributed by atoms with Crippen molar-refractivity contribution in [2.75, 3.05) is 5.32 Å². The fourth-order valence-corrected chi connectivity index (χ4v) is 1.88. The van der Waals surface area contributed by atoms with Crippen LogP contribution < -0.4 is 11.1 Å². The van der Waals surface area contributed by atoms with E-state index in [1.54, 1.807) is 0 Å². The van der Waals surface area contributed by atoms with E-state index in [0.29, 0.717) is 6.54 Å². The molecule has 2 aromatic rings. The second-order valence-corrected chi connectivity index (χ2v) is 4.22. The van der Waals surface area contributed by atoms with E-state index in [1.165, 1.54) is 12.3 Å². The second-order valence-electron chi connectivity index (χ2n) is 4.22. The maximum atomic E-state index is 12.8. The maximum absolute atomic E-state index is 12.8. The molecule has 3 N–H and O–H groups in total. The van der Waals surface area contributed by atoms with Gasteiger partial charge in [0, 0.05) is 19.3 Å². The third-order valence-corrected chi connectivity index (χ3v) is 2.90. The van der Waals surface area contributed by atoms with Crippen molar-refractivity contribution >= 4 is 5.82 Å². The van der Waals surface area contributed by atoms with Gasteiger partial charge in [0.1, 0.15) is 5.82 Å². The molecule has 0 aliphatic carbocycles. The summed E-state index contributed by atoms with van der Waals surface area (Å²) in [5.74, 6) is -0.174. The number of hydrogen-bond donors (Lipinski definition) is 2. The fourth-order valence-electron chi connectivity index (χ4n) is 1.88. The summed E-state index contributed by atoms with van der Waals surface area (Å²) in [6.07, 6.45) is -3.10. The lowest BCUT2D eigenvalue weighted by Crippen LogP contribution is -2.13. The molecule has 0 unspecified atom stereocenters. The molecule has 106 valence electrons. The summed E-state index contributed by atoms with van der Waals surface area (Å²) in [5, 5.41) is 2.72. The van der Waals surface area contributed by atoms with Crippen molar-refractivity contribution in [1.82, 2.24) is 4.98 Å². The second kappa shape index (κ2) is 5.92. The largest absolute Gasteiger partial charge is 0.419 e. The van der Waals surface area contributed by atoms with Crippen LogP contribution >= 0.6 is 0 Å². The molecule has 1 aromatic heterocycles. The molecule has 0 fully saturated rings. The van der Waals surface area contributed by atoms with E-state index in [1.807, 2.05) is 24.3 Å². The summed E-state index contributed by atoms with van der Waals surface area (Å²) in [5.41, 5.74) is 6.57. The number of rotatable bonds is 4. The molecule has 1 heterocycles. The first-order valence-corrected chi connectivity index (χ1v) is 6.05. The molecule has 20 heavy (non-hydrogen) atoms. The van der Waals surface area contributed by atoms with Gasteiger partial charge in [0.05, 0.1) is 5.56 Å². The number of nitrogens with zero attached hydrogens (tertiary/aromatic N) is 1. The smallest absolute Gasteiger partial charge is 0.365 e. The number of nitrogens with one attached hydrogen (secondary N) is 1. The number of alkyl halides is 3. The van der Waals surface area contributed by atoms with Gasteiger partial charge in [-0.15, -0.1) is 0 Å². The van der Waals surface area contributed by atoms with Gasteiger partial charge >= 0.3 is 6.18 Å². The first-order valence-electron chi connectivity index (χ1n) is 6.05. The van der Waals surface area contributed by atoms with Crippen molar-refractivity contribution in [3.05, 3.63) is 59.3 Å². The van der Waals surface area contributed by atoms with E-state index >= 15 is 0 Å². The Kier molecular flexibility index (Phi) is 4.24. The predicted octanol–water partition coefficient (Wildman–Crippen LogP) is 3.17. The third-order valence-electron chi connectivity index (χ3n) is 2.90. The van der Waals surface area contributed by atoms with Crippen molar-refractivity contribution in [1.29, 1.82) is 0 Å². The highest BCUT2D eigenvalue weighted by atomic mass is 19.4. The van der Waals surface area contributed by atoms with Crippen molar-refractivity contribution in [2.24, 2.45) is 5.73 Å². The van der Waals surface area contributed by atoms with Crippen LogP contribution in [0.1, 0.15) is 16.7 Å². The van der Waals surface area contributed by atoms with Gasteiger partial charge in [-0.3, -0.25) is 0 Å². The fraction of sp³-hybridized carbons (Fsp3) is 0.214. The average molecular weight is 281 g/mol. The zero-order valence-electron chi connectivity index (χ0n) is 10.6. The Bertz CT molecular complexity index is 582. The highest BCUT2D eigenvalue weighted by molar-refractivity contribution is 5.46. The molecule has 1 aromatic carbocycles. The molecular weight excluding hydrogens is 267 g/mol. The summed E-state index contributed by atoms with van der Waals surface area (Å²) in [6, 6.07) is 9.60. The van der Waals surface area contributed by atoms with Gasteiger partial charge in [-0.1, -0.05) is 24.3 Å². The number of benzene rings is 1. The van der Waals surface area contributed by atoms with Crippen LogP contribution in [0.4, 0.5) is 19.0 Å². The van der Waals surface area contributed by atoms with E-state index in [9.17, 15) is 13.2 Å². The number of aromatic nitrogens is 1. The molecule has 3 nitrogen and oxygen atoms in total. The molecule has 0 bridgehead atoms. The van der Waals surface area contributed by atoms with Crippen LogP contribution in [0.25, 0.3) is 0 Å². The number of pyridine rings is 1. The zero-order valence-corrected chi connectivity index (χ0v) is 10.6. The van der Waals surface area contributed by atoms with Crippen LogP contribution in [-0.4, -0.2) is 4.98 Å². The first kappa shape index (κ1) is 14.3. The van der Waals surface area contributed by atoms with Gasteiger partial charge in [-0.25, -0.2) is 4.98 Å². The van der Waals surface area contributed by atoms with E-state index in [-0.39, 0.29) is 12.4 Å². The van der Waals surface area contributed by atoms with Crippen LogP contribution in [0, 0.1) is 0 Å². The van der Waals surface area contributed by atoms with Gasteiger partial charge in [-0.2, -0.15) is 13.2 Å². The summed E-state index contributed by atoms with van der Waals surface area (Å²) in [7, 11) is 0. The van der Waals surface area contributed by atoms with E-state index < -0.39 is 11.7 Å². The zero-order chi connectivity index (χ0) is 14.6. The van der Waals surface area contributed by atoms with Crippen LogP contribution in [0.2, 0.25) is 0 Å². The number of hydrogen-bond acceptors (Lipinski definition) is 3. The standard InChI is InChI=1S/C14H14F3N3/c15-14(16,17)12-6-3-7-19-13(12)20-9-11-5-2-1-4-10(11)8-18/h1-7H,8-9,18H2,(H,19,20). The maximum Gasteiger partial charge on any atom is 0.419 e. The molecule has 0 aliphatic rings. The van der Waals surface area contributed by atoms with Gasteiger partial charge in [0.2, 0.25) is 0 Å². The molecule has 0 aliphatic heterocycles. The van der Waals surface area contributed by atoms with Gasteiger partial charge in [0.25, 0.3) is 0 Å². The van der Waals surface area contributed by atoms with Crippen molar-refractivity contribution in [3.8, 4) is 0 Å². The molecule has 6 heteroatoms. The molecule has 0 atom stereocenters. The van der Waals surface area contributed by atoms with Crippen molar-refractivity contribution < 1.29 is 13.2 Å². The Labute approximate surface area is 114 Å². The van der Waals surface area contributed by atoms with E-state index in [0.717, 1.165) is 17.2 Å². The number of nitrogens with two attached hydrogens (primary N) is 1. The van der Waals surface area contributed by atoms with Crippen molar-refractivity contribution in [3.63, 3.8) is 0 Å². The predicted molar refractivity (Wildman–Crippen MR) is 70.9 cm³/mol. The Balaban J connectivity index is 2.20. The van der Waals surface area contributed by atoms with Gasteiger partial charge in [-0.05, 0) is 23.3 Å². The van der Waals surface area contributed by atoms with Crippen LogP contribution in [0.15, 0.2) is 42.6 Å². The quantitative estimate of drug-likeness (QED) is 0.905. The molecule has 2 rings (SSSR count). The number of anilines is 1. The van der Waals surface area contributed by atoms with Crippen LogP contribution in [-0.2, 0) is 19.3 Å². The minimum Gasteiger partial charge on any atom is -0.365 e. The molecular formula is C14H14F3N3. The van der Waals surface area contributed by atoms with E-state index in [2.05, 4.69) is 10.3 Å². The summed E-state index contributed by atoms with van der Waals surface area (Å²) in [6.45, 7) is 0.583. The minimum absolute atomic E-state index is 0.174. The SMILES string of the molecule is NCc1ccccc1CNc1ncccc1C(F)(F)F. The number of halogens is 3.